The van der Waals surface area contributed by atoms with Crippen molar-refractivity contribution in [3.05, 3.63) is 60.6 Å². The molecule has 1 aliphatic heterocycles. The standard InChI is InChI=1S/C22H26FN6O7P/c1-4-33-21(31)13(2)28-37(32,36-14-8-6-5-7-9-14)34-11-16-17(30)22(3,23)18(35-16)15-10-25-20-19(24)26-12-27-29(15)20/h5-13,17-18,30H,4H2,1-3H3,(H,28,32)(H2,24,26,27)/b16-11+/t13-,17+,18-,22+,37?/m0/s1. The minimum atomic E-state index is -4.32. The first-order chi connectivity index (χ1) is 17.6. The van der Waals surface area contributed by atoms with Crippen LogP contribution in [0.4, 0.5) is 10.2 Å². The second kappa shape index (κ2) is 10.3. The van der Waals surface area contributed by atoms with Crippen LogP contribution in [0.2, 0.25) is 0 Å². The molecule has 2 aromatic heterocycles. The zero-order chi connectivity index (χ0) is 26.8. The van der Waals surface area contributed by atoms with Gasteiger partial charge in [0.25, 0.3) is 0 Å². The lowest BCUT2D eigenvalue weighted by molar-refractivity contribution is -0.144. The van der Waals surface area contributed by atoms with E-state index in [1.165, 1.54) is 36.1 Å². The summed E-state index contributed by atoms with van der Waals surface area (Å²) in [4.78, 5) is 20.0. The van der Waals surface area contributed by atoms with E-state index in [-0.39, 0.29) is 35.3 Å². The summed E-state index contributed by atoms with van der Waals surface area (Å²) in [6, 6.07) is 6.95. The van der Waals surface area contributed by atoms with Gasteiger partial charge in [0.2, 0.25) is 0 Å². The maximum absolute atomic E-state index is 15.7. The van der Waals surface area contributed by atoms with E-state index in [0.29, 0.717) is 0 Å². The van der Waals surface area contributed by atoms with Crippen molar-refractivity contribution >= 4 is 25.2 Å². The third-order valence-corrected chi connectivity index (χ3v) is 7.00. The summed E-state index contributed by atoms with van der Waals surface area (Å²) >= 11 is 0. The molecule has 1 fully saturated rings. The van der Waals surface area contributed by atoms with Crippen LogP contribution in [0.25, 0.3) is 5.65 Å². The molecule has 15 heteroatoms. The van der Waals surface area contributed by atoms with Crippen molar-refractivity contribution in [1.29, 1.82) is 0 Å². The molecule has 198 valence electrons. The summed E-state index contributed by atoms with van der Waals surface area (Å²) < 4.78 is 52.0. The average molecular weight is 536 g/mol. The van der Waals surface area contributed by atoms with E-state index >= 15 is 4.39 Å². The number of aliphatic hydroxyl groups is 1. The topological polar surface area (TPSA) is 172 Å². The van der Waals surface area contributed by atoms with Crippen molar-refractivity contribution in [2.24, 2.45) is 0 Å². The number of aromatic nitrogens is 4. The maximum atomic E-state index is 15.7. The number of hydrogen-bond acceptors (Lipinski definition) is 11. The number of nitrogens with one attached hydrogen (secondary N) is 1. The second-order valence-corrected chi connectivity index (χ2v) is 9.89. The highest BCUT2D eigenvalue weighted by Crippen LogP contribution is 2.49. The molecule has 13 nitrogen and oxygen atoms in total. The van der Waals surface area contributed by atoms with Gasteiger partial charge in [-0.1, -0.05) is 18.2 Å². The van der Waals surface area contributed by atoms with Crippen LogP contribution in [-0.2, 0) is 23.4 Å². The van der Waals surface area contributed by atoms with Crippen molar-refractivity contribution in [1.82, 2.24) is 24.7 Å². The molecule has 1 unspecified atom stereocenters. The van der Waals surface area contributed by atoms with Crippen molar-refractivity contribution in [2.75, 3.05) is 12.3 Å². The smallest absolute Gasteiger partial charge is 0.479 e. The Morgan fingerprint density at radius 2 is 2.14 bits per heavy atom. The molecule has 3 aromatic rings. The molecule has 0 spiro atoms. The fourth-order valence-corrected chi connectivity index (χ4v) is 4.97. The molecular formula is C22H26FN6O7P. The summed E-state index contributed by atoms with van der Waals surface area (Å²) in [6.07, 6.45) is 0.0362. The Bertz CT molecular complexity index is 1350. The van der Waals surface area contributed by atoms with Crippen LogP contribution in [0.1, 0.15) is 32.6 Å². The monoisotopic (exact) mass is 536 g/mol. The molecule has 0 aliphatic carbocycles. The number of fused-ring (bicyclic) bond motifs is 1. The van der Waals surface area contributed by atoms with E-state index < -0.39 is 37.6 Å². The number of aliphatic hydroxyl groups excluding tert-OH is 1. The number of hydrogen-bond donors (Lipinski definition) is 3. The van der Waals surface area contributed by atoms with Crippen LogP contribution < -0.4 is 15.3 Å². The summed E-state index contributed by atoms with van der Waals surface area (Å²) in [5, 5.41) is 17.2. The van der Waals surface area contributed by atoms with Crippen LogP contribution in [0.15, 0.2) is 54.9 Å². The van der Waals surface area contributed by atoms with E-state index in [2.05, 4.69) is 20.2 Å². The summed E-state index contributed by atoms with van der Waals surface area (Å²) in [7, 11) is -4.32. The van der Waals surface area contributed by atoms with E-state index in [9.17, 15) is 14.5 Å². The predicted octanol–water partition coefficient (Wildman–Crippen LogP) is 2.45. The third-order valence-electron chi connectivity index (χ3n) is 5.47. The van der Waals surface area contributed by atoms with Gasteiger partial charge in [-0.05, 0) is 32.9 Å². The lowest BCUT2D eigenvalue weighted by Crippen LogP contribution is -2.35. The van der Waals surface area contributed by atoms with E-state index in [1.54, 1.807) is 25.1 Å². The first-order valence-electron chi connectivity index (χ1n) is 11.2. The summed E-state index contributed by atoms with van der Waals surface area (Å²) in [5.74, 6) is -0.843. The number of imidazole rings is 1. The molecule has 37 heavy (non-hydrogen) atoms. The maximum Gasteiger partial charge on any atom is 0.513 e. The first kappa shape index (κ1) is 26.3. The Kier molecular flexibility index (Phi) is 7.35. The zero-order valence-corrected chi connectivity index (χ0v) is 21.0. The molecule has 0 amide bonds. The molecule has 4 rings (SSSR count). The number of anilines is 1. The molecule has 4 N–H and O–H groups in total. The van der Waals surface area contributed by atoms with Crippen molar-refractivity contribution in [3.63, 3.8) is 0 Å². The molecule has 0 saturated carbocycles. The fourth-order valence-electron chi connectivity index (χ4n) is 3.59. The normalized spacial score (nSPS) is 24.8. The van der Waals surface area contributed by atoms with Crippen LogP contribution in [0.3, 0.4) is 0 Å². The highest BCUT2D eigenvalue weighted by atomic mass is 31.2. The van der Waals surface area contributed by atoms with Gasteiger partial charge < -0.3 is 29.4 Å². The Morgan fingerprint density at radius 3 is 2.84 bits per heavy atom. The summed E-state index contributed by atoms with van der Waals surface area (Å²) in [6.45, 7) is 4.26. The van der Waals surface area contributed by atoms with Crippen molar-refractivity contribution in [2.45, 2.75) is 44.7 Å². The molecule has 1 aliphatic rings. The molecule has 5 atom stereocenters. The van der Waals surface area contributed by atoms with Crippen LogP contribution in [0, 0.1) is 0 Å². The number of nitrogen functional groups attached to an aromatic ring is 1. The quantitative estimate of drug-likeness (QED) is 0.207. The fraction of sp³-hybridized carbons (Fsp3) is 0.364. The van der Waals surface area contributed by atoms with E-state index in [1.807, 2.05) is 0 Å². The van der Waals surface area contributed by atoms with E-state index in [4.69, 9.17) is 24.3 Å². The minimum Gasteiger partial charge on any atom is -0.479 e. The van der Waals surface area contributed by atoms with Crippen molar-refractivity contribution < 1.29 is 37.4 Å². The SMILES string of the molecule is CCOC(=O)[C@H](C)NP(=O)(O/C=C1/O[C@@H](c2cnc3c(N)ncnn23)[C@](C)(F)[C@@H]1O)Oc1ccccc1. The number of nitrogens with two attached hydrogens (primary N) is 1. The number of para-hydroxylation sites is 1. The van der Waals surface area contributed by atoms with Crippen LogP contribution in [-0.4, -0.2) is 55.1 Å². The van der Waals surface area contributed by atoms with Gasteiger partial charge in [0.1, 0.15) is 30.1 Å². The van der Waals surface area contributed by atoms with Gasteiger partial charge >= 0.3 is 13.7 Å². The number of rotatable bonds is 9. The number of nitrogens with zero attached hydrogens (tertiary/aromatic N) is 4. The largest absolute Gasteiger partial charge is 0.513 e. The number of carbonyl (C=O) groups excluding carboxylic acids is 1. The highest BCUT2D eigenvalue weighted by Gasteiger charge is 2.55. The lowest BCUT2D eigenvalue weighted by atomic mass is 9.95. The van der Waals surface area contributed by atoms with Gasteiger partial charge in [-0.15, -0.1) is 0 Å². The predicted molar refractivity (Wildman–Crippen MR) is 128 cm³/mol. The number of alkyl halides is 1. The van der Waals surface area contributed by atoms with Crippen LogP contribution in [0.5, 0.6) is 5.75 Å². The number of benzene rings is 1. The lowest BCUT2D eigenvalue weighted by Gasteiger charge is -2.22. The van der Waals surface area contributed by atoms with Gasteiger partial charge in [0.15, 0.2) is 35.1 Å². The summed E-state index contributed by atoms with van der Waals surface area (Å²) in [5.41, 5.74) is 3.75. The van der Waals surface area contributed by atoms with Gasteiger partial charge in [0, 0.05) is 0 Å². The molecule has 1 saturated heterocycles. The number of esters is 1. The number of carbonyl (C=O) groups is 1. The first-order valence-corrected chi connectivity index (χ1v) is 12.7. The third kappa shape index (κ3) is 5.36. The Labute approximate surface area is 211 Å². The van der Waals surface area contributed by atoms with Gasteiger partial charge in [-0.3, -0.25) is 4.79 Å². The second-order valence-electron chi connectivity index (χ2n) is 8.25. The molecule has 0 radical (unpaired) electrons. The number of halogens is 1. The molecular weight excluding hydrogens is 510 g/mol. The Morgan fingerprint density at radius 1 is 1.41 bits per heavy atom. The molecule has 0 bridgehead atoms. The van der Waals surface area contributed by atoms with Gasteiger partial charge in [-0.25, -0.2) is 23.4 Å². The highest BCUT2D eigenvalue weighted by molar-refractivity contribution is 7.52. The van der Waals surface area contributed by atoms with Crippen molar-refractivity contribution in [3.8, 4) is 5.75 Å². The van der Waals surface area contributed by atoms with Crippen LogP contribution >= 0.6 is 7.75 Å². The number of ether oxygens (including phenoxy) is 2. The minimum absolute atomic E-state index is 0.0697. The van der Waals surface area contributed by atoms with Gasteiger partial charge in [0.05, 0.1) is 12.8 Å². The molecule has 1 aromatic carbocycles. The van der Waals surface area contributed by atoms with E-state index in [0.717, 1.165) is 13.2 Å². The molecule has 3 heterocycles. The van der Waals surface area contributed by atoms with Gasteiger partial charge in [-0.2, -0.15) is 10.2 Å². The Hall–Kier alpha value is -3.74. The average Bonchev–Trinajstić information content (AvgIpc) is 3.38. The zero-order valence-electron chi connectivity index (χ0n) is 20.1. The Balaban J connectivity index is 1.61.